The molecular formula is C20H34O5P+. The van der Waals surface area contributed by atoms with Crippen LogP contribution >= 0.6 is 8.25 Å². The SMILES string of the molecule is CCCCC/C=C\C/C=C\C/C=C\C/C=C\CCCC(=O)O.O=[P+](O)O. The Bertz CT molecular complexity index is 449. The van der Waals surface area contributed by atoms with Gasteiger partial charge in [0, 0.05) is 11.0 Å². The zero-order valence-corrected chi connectivity index (χ0v) is 16.7. The van der Waals surface area contributed by atoms with Crippen molar-refractivity contribution in [3.63, 3.8) is 0 Å². The summed E-state index contributed by atoms with van der Waals surface area (Å²) in [5, 5.41) is 8.49. The van der Waals surface area contributed by atoms with Gasteiger partial charge in [-0.2, -0.15) is 0 Å². The molecule has 0 aromatic heterocycles. The molecule has 5 nitrogen and oxygen atoms in total. The first kappa shape index (κ1) is 26.7. The van der Waals surface area contributed by atoms with E-state index in [0.717, 1.165) is 32.1 Å². The third kappa shape index (κ3) is 33.9. The molecule has 0 rings (SSSR count). The molecule has 0 fully saturated rings. The zero-order valence-electron chi connectivity index (χ0n) is 15.8. The number of rotatable bonds is 14. The monoisotopic (exact) mass is 385 g/mol. The third-order valence-corrected chi connectivity index (χ3v) is 3.22. The van der Waals surface area contributed by atoms with Gasteiger partial charge in [-0.1, -0.05) is 68.4 Å². The maximum Gasteiger partial charge on any atom is 0.692 e. The number of aliphatic carboxylic acids is 1. The molecule has 0 radical (unpaired) electrons. The van der Waals surface area contributed by atoms with E-state index in [0.29, 0.717) is 0 Å². The van der Waals surface area contributed by atoms with Crippen molar-refractivity contribution in [2.75, 3.05) is 0 Å². The highest BCUT2D eigenvalue weighted by Crippen LogP contribution is 2.01. The van der Waals surface area contributed by atoms with Crippen molar-refractivity contribution < 1.29 is 24.3 Å². The molecule has 6 heteroatoms. The topological polar surface area (TPSA) is 94.8 Å². The van der Waals surface area contributed by atoms with Gasteiger partial charge in [-0.15, -0.1) is 9.79 Å². The van der Waals surface area contributed by atoms with Crippen LogP contribution in [-0.4, -0.2) is 20.9 Å². The van der Waals surface area contributed by atoms with Crippen molar-refractivity contribution in [2.45, 2.75) is 71.1 Å². The van der Waals surface area contributed by atoms with Gasteiger partial charge in [0.2, 0.25) is 0 Å². The first-order chi connectivity index (χ1) is 12.5. The molecule has 0 atom stereocenters. The molecule has 3 N–H and O–H groups in total. The Morgan fingerprint density at radius 3 is 1.54 bits per heavy atom. The average molecular weight is 385 g/mol. The molecule has 0 bridgehead atoms. The summed E-state index contributed by atoms with van der Waals surface area (Å²) in [4.78, 5) is 24.6. The van der Waals surface area contributed by atoms with E-state index in [1.54, 1.807) is 0 Å². The summed E-state index contributed by atoms with van der Waals surface area (Å²) in [6, 6.07) is 0. The first-order valence-electron chi connectivity index (χ1n) is 9.17. The Hall–Kier alpha value is -1.55. The molecule has 0 unspecified atom stereocenters. The second-order valence-electron chi connectivity index (χ2n) is 5.63. The highest BCUT2D eigenvalue weighted by molar-refractivity contribution is 7.30. The van der Waals surface area contributed by atoms with Gasteiger partial charge < -0.3 is 5.11 Å². The fraction of sp³-hybridized carbons (Fsp3) is 0.550. The molecule has 0 amide bonds. The Morgan fingerprint density at radius 2 is 1.15 bits per heavy atom. The standard InChI is InChI=1S/C20H32O2.HO3P/c1-2-3-4-5-6-7-8-9-10-11-12-13-14-15-16-17-18-19-20(21)22;1-4(2)3/h6-7,9-10,12-13,15-16H,2-5,8,11,14,17-19H2,1H3,(H,21,22);(H-,1,2,3)/p+1/b7-6-,10-9-,13-12-,16-15-;. The lowest BCUT2D eigenvalue weighted by molar-refractivity contribution is -0.137. The molecule has 0 aliphatic carbocycles. The lowest BCUT2D eigenvalue weighted by Gasteiger charge is -1.90. The summed E-state index contributed by atoms with van der Waals surface area (Å²) in [5.41, 5.74) is 0. The summed E-state index contributed by atoms with van der Waals surface area (Å²) in [7, 11) is -2.87. The second-order valence-corrected chi connectivity index (χ2v) is 6.13. The molecule has 0 aliphatic heterocycles. The third-order valence-electron chi connectivity index (χ3n) is 3.22. The van der Waals surface area contributed by atoms with Crippen LogP contribution in [0.15, 0.2) is 48.6 Å². The predicted molar refractivity (Wildman–Crippen MR) is 108 cm³/mol. The molecule has 0 aromatic rings. The fourth-order valence-electron chi connectivity index (χ4n) is 1.93. The number of allylic oxidation sites excluding steroid dienone is 8. The zero-order chi connectivity index (χ0) is 19.9. The van der Waals surface area contributed by atoms with Crippen LogP contribution in [-0.2, 0) is 9.36 Å². The van der Waals surface area contributed by atoms with Gasteiger partial charge in [0.15, 0.2) is 0 Å². The largest absolute Gasteiger partial charge is 0.692 e. The van der Waals surface area contributed by atoms with Crippen molar-refractivity contribution >= 4 is 14.2 Å². The first-order valence-corrected chi connectivity index (χ1v) is 10.3. The summed E-state index contributed by atoms with van der Waals surface area (Å²) < 4.78 is 8.70. The molecular weight excluding hydrogens is 351 g/mol. The Balaban J connectivity index is 0. The number of unbranched alkanes of at least 4 members (excludes halogenated alkanes) is 4. The average Bonchev–Trinajstić information content (AvgIpc) is 2.57. The van der Waals surface area contributed by atoms with E-state index in [1.165, 1.54) is 25.7 Å². The lowest BCUT2D eigenvalue weighted by Crippen LogP contribution is -1.92. The van der Waals surface area contributed by atoms with Crippen LogP contribution < -0.4 is 0 Å². The van der Waals surface area contributed by atoms with Crippen LogP contribution in [0, 0.1) is 0 Å². The van der Waals surface area contributed by atoms with Gasteiger partial charge in [-0.3, -0.25) is 4.79 Å². The minimum atomic E-state index is -2.87. The number of carbonyl (C=O) groups is 1. The van der Waals surface area contributed by atoms with Crippen molar-refractivity contribution in [3.05, 3.63) is 48.6 Å². The molecule has 0 spiro atoms. The van der Waals surface area contributed by atoms with E-state index in [1.807, 2.05) is 0 Å². The summed E-state index contributed by atoms with van der Waals surface area (Å²) in [6.45, 7) is 2.23. The van der Waals surface area contributed by atoms with E-state index in [2.05, 4.69) is 55.5 Å². The van der Waals surface area contributed by atoms with E-state index in [4.69, 9.17) is 19.5 Å². The molecule has 26 heavy (non-hydrogen) atoms. The van der Waals surface area contributed by atoms with Crippen LogP contribution in [0.4, 0.5) is 0 Å². The van der Waals surface area contributed by atoms with E-state index in [9.17, 15) is 4.79 Å². The van der Waals surface area contributed by atoms with Crippen molar-refractivity contribution in [2.24, 2.45) is 0 Å². The van der Waals surface area contributed by atoms with Crippen molar-refractivity contribution in [3.8, 4) is 0 Å². The van der Waals surface area contributed by atoms with Crippen LogP contribution in [0.25, 0.3) is 0 Å². The Morgan fingerprint density at radius 1 is 0.769 bits per heavy atom. The summed E-state index contributed by atoms with van der Waals surface area (Å²) in [5.74, 6) is -0.712. The molecule has 0 aliphatic rings. The normalized spacial score (nSPS) is 11.5. The molecule has 148 valence electrons. The van der Waals surface area contributed by atoms with Gasteiger partial charge in [0.1, 0.15) is 0 Å². The van der Waals surface area contributed by atoms with Crippen LogP contribution in [0.2, 0.25) is 0 Å². The van der Waals surface area contributed by atoms with Crippen LogP contribution in [0.3, 0.4) is 0 Å². The molecule has 0 saturated heterocycles. The Labute approximate surface area is 158 Å². The van der Waals surface area contributed by atoms with Crippen molar-refractivity contribution in [1.82, 2.24) is 0 Å². The maximum absolute atomic E-state index is 10.3. The number of hydrogen-bond acceptors (Lipinski definition) is 2. The van der Waals surface area contributed by atoms with Crippen LogP contribution in [0.1, 0.15) is 71.1 Å². The summed E-state index contributed by atoms with van der Waals surface area (Å²) >= 11 is 0. The highest BCUT2D eigenvalue weighted by atomic mass is 31.1. The minimum absolute atomic E-state index is 0.262. The number of carboxylic acid groups (broad SMARTS) is 1. The van der Waals surface area contributed by atoms with Gasteiger partial charge in [-0.05, 0) is 44.9 Å². The highest BCUT2D eigenvalue weighted by Gasteiger charge is 1.93. The lowest BCUT2D eigenvalue weighted by atomic mass is 10.2. The number of carboxylic acids is 1. The molecule has 0 heterocycles. The van der Waals surface area contributed by atoms with Crippen molar-refractivity contribution in [1.29, 1.82) is 0 Å². The smallest absolute Gasteiger partial charge is 0.481 e. The molecule has 0 aromatic carbocycles. The van der Waals surface area contributed by atoms with E-state index >= 15 is 0 Å². The molecule has 0 saturated carbocycles. The summed E-state index contributed by atoms with van der Waals surface area (Å²) in [6.07, 6.45) is 27.3. The minimum Gasteiger partial charge on any atom is -0.481 e. The van der Waals surface area contributed by atoms with E-state index < -0.39 is 14.2 Å². The fourth-order valence-corrected chi connectivity index (χ4v) is 1.93. The quantitative estimate of drug-likeness (QED) is 0.198. The van der Waals surface area contributed by atoms with Crippen LogP contribution in [0.5, 0.6) is 0 Å². The Kier molecular flexibility index (Phi) is 24.1. The predicted octanol–water partition coefficient (Wildman–Crippen LogP) is 5.85. The van der Waals surface area contributed by atoms with Gasteiger partial charge in [0.05, 0.1) is 0 Å². The maximum atomic E-state index is 10.3. The van der Waals surface area contributed by atoms with E-state index in [-0.39, 0.29) is 6.42 Å². The van der Waals surface area contributed by atoms with Gasteiger partial charge in [0.25, 0.3) is 0 Å². The van der Waals surface area contributed by atoms with Gasteiger partial charge in [-0.25, -0.2) is 0 Å². The number of hydrogen-bond donors (Lipinski definition) is 3. The van der Waals surface area contributed by atoms with Gasteiger partial charge >= 0.3 is 14.2 Å². The second kappa shape index (κ2) is 23.4.